The molecule has 0 atom stereocenters. The van der Waals surface area contributed by atoms with Gasteiger partial charge in [0.05, 0.1) is 16.8 Å². The first kappa shape index (κ1) is 21.6. The van der Waals surface area contributed by atoms with Crippen molar-refractivity contribution in [2.45, 2.75) is 6.42 Å². The third kappa shape index (κ3) is 4.90. The Bertz CT molecular complexity index is 1260. The van der Waals surface area contributed by atoms with E-state index in [-0.39, 0.29) is 5.91 Å². The summed E-state index contributed by atoms with van der Waals surface area (Å²) in [5.74, 6) is 0.0303. The lowest BCUT2D eigenvalue weighted by Crippen LogP contribution is -2.49. The number of halogens is 1. The van der Waals surface area contributed by atoms with Gasteiger partial charge in [-0.25, -0.2) is 4.98 Å². The number of fused-ring (bicyclic) bond motifs is 1. The molecule has 0 unspecified atom stereocenters. The average Bonchev–Trinajstić information content (AvgIpc) is 2.88. The molecular weight excluding hydrogens is 432 g/mol. The summed E-state index contributed by atoms with van der Waals surface area (Å²) < 4.78 is 0. The molecule has 33 heavy (non-hydrogen) atoms. The molecule has 1 fully saturated rings. The number of amides is 1. The Balaban J connectivity index is 1.35. The summed E-state index contributed by atoms with van der Waals surface area (Å²) in [6, 6.07) is 21.8. The molecule has 166 valence electrons. The maximum Gasteiger partial charge on any atom is 0.254 e. The van der Waals surface area contributed by atoms with Crippen LogP contribution in [0.4, 0.5) is 0 Å². The molecule has 3 heterocycles. The first-order valence-electron chi connectivity index (χ1n) is 11.2. The lowest BCUT2D eigenvalue weighted by Gasteiger charge is -2.35. The van der Waals surface area contributed by atoms with Crippen molar-refractivity contribution in [3.8, 4) is 11.3 Å². The minimum absolute atomic E-state index is 0.0303. The minimum atomic E-state index is 0.0303. The molecule has 2 aromatic heterocycles. The SMILES string of the molecule is O=C(c1cc(-c2ccncc2)nc2ccc(Cl)cc12)N1CCN(CCc2ccccc2)CC1. The first-order valence-corrected chi connectivity index (χ1v) is 11.6. The lowest BCUT2D eigenvalue weighted by molar-refractivity contribution is 0.0640. The molecule has 0 N–H and O–H groups in total. The zero-order valence-electron chi connectivity index (χ0n) is 18.3. The predicted molar refractivity (Wildman–Crippen MR) is 132 cm³/mol. The molecule has 0 radical (unpaired) electrons. The number of nitrogens with zero attached hydrogens (tertiary/aromatic N) is 4. The number of benzene rings is 2. The summed E-state index contributed by atoms with van der Waals surface area (Å²) >= 11 is 6.27. The monoisotopic (exact) mass is 456 g/mol. The predicted octanol–water partition coefficient (Wildman–Crippen LogP) is 4.95. The second-order valence-corrected chi connectivity index (χ2v) is 8.76. The summed E-state index contributed by atoms with van der Waals surface area (Å²) in [5, 5.41) is 1.39. The third-order valence-corrected chi connectivity index (χ3v) is 6.43. The second kappa shape index (κ2) is 9.69. The summed E-state index contributed by atoms with van der Waals surface area (Å²) in [7, 11) is 0. The Morgan fingerprint density at radius 2 is 1.67 bits per heavy atom. The van der Waals surface area contributed by atoms with Crippen LogP contribution in [0.5, 0.6) is 0 Å². The van der Waals surface area contributed by atoms with Crippen LogP contribution in [0.1, 0.15) is 15.9 Å². The van der Waals surface area contributed by atoms with Crippen LogP contribution in [0, 0.1) is 0 Å². The molecule has 5 nitrogen and oxygen atoms in total. The molecule has 2 aromatic carbocycles. The van der Waals surface area contributed by atoms with Crippen molar-refractivity contribution < 1.29 is 4.79 Å². The molecule has 0 saturated carbocycles. The van der Waals surface area contributed by atoms with Gasteiger partial charge in [0.1, 0.15) is 0 Å². The molecule has 0 spiro atoms. The number of pyridine rings is 2. The molecule has 1 amide bonds. The van der Waals surface area contributed by atoms with Crippen LogP contribution in [0.25, 0.3) is 22.2 Å². The highest BCUT2D eigenvalue weighted by atomic mass is 35.5. The maximum absolute atomic E-state index is 13.6. The van der Waals surface area contributed by atoms with Crippen LogP contribution >= 0.6 is 11.6 Å². The van der Waals surface area contributed by atoms with Gasteiger partial charge in [-0.3, -0.25) is 14.7 Å². The second-order valence-electron chi connectivity index (χ2n) is 8.32. The quantitative estimate of drug-likeness (QED) is 0.426. The van der Waals surface area contributed by atoms with E-state index in [2.05, 4.69) is 34.1 Å². The fourth-order valence-electron chi connectivity index (χ4n) is 4.32. The molecule has 6 heteroatoms. The zero-order valence-corrected chi connectivity index (χ0v) is 19.1. The van der Waals surface area contributed by atoms with Crippen LogP contribution in [0.3, 0.4) is 0 Å². The number of piperazine rings is 1. The highest BCUT2D eigenvalue weighted by Crippen LogP contribution is 2.28. The summed E-state index contributed by atoms with van der Waals surface area (Å²) in [6.07, 6.45) is 4.50. The first-order chi connectivity index (χ1) is 16.2. The smallest absolute Gasteiger partial charge is 0.254 e. The van der Waals surface area contributed by atoms with E-state index in [1.807, 2.05) is 47.4 Å². The lowest BCUT2D eigenvalue weighted by atomic mass is 10.0. The minimum Gasteiger partial charge on any atom is -0.336 e. The van der Waals surface area contributed by atoms with Crippen LogP contribution in [0.2, 0.25) is 5.02 Å². The number of hydrogen-bond acceptors (Lipinski definition) is 4. The van der Waals surface area contributed by atoms with Crippen molar-refractivity contribution in [3.05, 3.63) is 95.3 Å². The zero-order chi connectivity index (χ0) is 22.6. The van der Waals surface area contributed by atoms with E-state index in [9.17, 15) is 4.79 Å². The molecule has 4 aromatic rings. The average molecular weight is 457 g/mol. The number of rotatable bonds is 5. The van der Waals surface area contributed by atoms with E-state index in [0.717, 1.165) is 48.2 Å². The molecule has 1 aliphatic rings. The highest BCUT2D eigenvalue weighted by molar-refractivity contribution is 6.31. The van der Waals surface area contributed by atoms with Crippen molar-refractivity contribution >= 4 is 28.4 Å². The number of aromatic nitrogens is 2. The molecular formula is C27H25ClN4O. The van der Waals surface area contributed by atoms with Gasteiger partial charge in [0.25, 0.3) is 5.91 Å². The largest absolute Gasteiger partial charge is 0.336 e. The van der Waals surface area contributed by atoms with Crippen LogP contribution in [0.15, 0.2) is 79.1 Å². The van der Waals surface area contributed by atoms with Gasteiger partial charge in [-0.15, -0.1) is 0 Å². The van der Waals surface area contributed by atoms with Gasteiger partial charge in [0.15, 0.2) is 0 Å². The maximum atomic E-state index is 13.6. The molecule has 5 rings (SSSR count). The molecule has 0 aliphatic carbocycles. The van der Waals surface area contributed by atoms with Gasteiger partial charge in [-0.2, -0.15) is 0 Å². The van der Waals surface area contributed by atoms with E-state index in [0.29, 0.717) is 23.7 Å². The fourth-order valence-corrected chi connectivity index (χ4v) is 4.49. The van der Waals surface area contributed by atoms with E-state index in [1.54, 1.807) is 12.4 Å². The molecule has 1 aliphatic heterocycles. The van der Waals surface area contributed by atoms with Crippen molar-refractivity contribution in [2.75, 3.05) is 32.7 Å². The Hall–Kier alpha value is -3.28. The Morgan fingerprint density at radius 3 is 2.42 bits per heavy atom. The van der Waals surface area contributed by atoms with Crippen molar-refractivity contribution in [1.29, 1.82) is 0 Å². The standard InChI is InChI=1S/C27H25ClN4O/c28-22-6-7-25-23(18-22)24(19-26(30-25)21-8-11-29-12-9-21)27(33)32-16-14-31(15-17-32)13-10-20-4-2-1-3-5-20/h1-9,11-12,18-19H,10,13-17H2. The van der Waals surface area contributed by atoms with Crippen molar-refractivity contribution in [3.63, 3.8) is 0 Å². The highest BCUT2D eigenvalue weighted by Gasteiger charge is 2.24. The number of carbonyl (C=O) groups is 1. The summed E-state index contributed by atoms with van der Waals surface area (Å²) in [5.41, 5.74) is 4.45. The van der Waals surface area contributed by atoms with E-state index in [1.165, 1.54) is 5.56 Å². The van der Waals surface area contributed by atoms with Gasteiger partial charge in [-0.1, -0.05) is 41.9 Å². The molecule has 1 saturated heterocycles. The topological polar surface area (TPSA) is 49.3 Å². The van der Waals surface area contributed by atoms with Gasteiger partial charge < -0.3 is 4.90 Å². The Kier molecular flexibility index (Phi) is 6.33. The number of hydrogen-bond donors (Lipinski definition) is 0. The van der Waals surface area contributed by atoms with Crippen LogP contribution in [-0.4, -0.2) is 58.4 Å². The van der Waals surface area contributed by atoms with Gasteiger partial charge in [-0.05, 0) is 48.4 Å². The van der Waals surface area contributed by atoms with Gasteiger partial charge >= 0.3 is 0 Å². The Labute approximate surface area is 198 Å². The van der Waals surface area contributed by atoms with Crippen LogP contribution < -0.4 is 0 Å². The van der Waals surface area contributed by atoms with E-state index >= 15 is 0 Å². The van der Waals surface area contributed by atoms with Crippen LogP contribution in [-0.2, 0) is 6.42 Å². The van der Waals surface area contributed by atoms with Crippen molar-refractivity contribution in [1.82, 2.24) is 19.8 Å². The van der Waals surface area contributed by atoms with Gasteiger partial charge in [0, 0.05) is 61.1 Å². The normalized spacial score (nSPS) is 14.5. The Morgan fingerprint density at radius 1 is 0.909 bits per heavy atom. The van der Waals surface area contributed by atoms with E-state index in [4.69, 9.17) is 16.6 Å². The summed E-state index contributed by atoms with van der Waals surface area (Å²) in [4.78, 5) is 26.9. The number of carbonyl (C=O) groups excluding carboxylic acids is 1. The van der Waals surface area contributed by atoms with Gasteiger partial charge in [0.2, 0.25) is 0 Å². The fraction of sp³-hybridized carbons (Fsp3) is 0.222. The van der Waals surface area contributed by atoms with Crippen molar-refractivity contribution in [2.24, 2.45) is 0 Å². The summed E-state index contributed by atoms with van der Waals surface area (Å²) in [6.45, 7) is 4.18. The molecule has 0 bridgehead atoms. The van der Waals surface area contributed by atoms with E-state index < -0.39 is 0 Å². The third-order valence-electron chi connectivity index (χ3n) is 6.20.